The van der Waals surface area contributed by atoms with E-state index in [0.717, 1.165) is 37.4 Å². The summed E-state index contributed by atoms with van der Waals surface area (Å²) in [5.74, 6) is 1.00. The van der Waals surface area contributed by atoms with Crippen molar-refractivity contribution in [2.75, 3.05) is 32.1 Å². The Hall–Kier alpha value is -1.16. The Morgan fingerprint density at radius 3 is 2.87 bits per heavy atom. The van der Waals surface area contributed by atoms with Crippen molar-refractivity contribution in [1.82, 2.24) is 15.3 Å². The van der Waals surface area contributed by atoms with Crippen molar-refractivity contribution in [3.8, 4) is 0 Å². The lowest BCUT2D eigenvalue weighted by Gasteiger charge is -2.17. The second kappa shape index (κ2) is 6.35. The van der Waals surface area contributed by atoms with Gasteiger partial charge < -0.3 is 10.2 Å². The number of likely N-dealkylation sites (N-methyl/N-ethyl adjacent to an activating group) is 2. The van der Waals surface area contributed by atoms with Crippen molar-refractivity contribution in [3.05, 3.63) is 18.1 Å². The molecule has 1 aromatic heterocycles. The van der Waals surface area contributed by atoms with Crippen molar-refractivity contribution in [2.24, 2.45) is 0 Å². The van der Waals surface area contributed by atoms with E-state index in [1.54, 1.807) is 6.33 Å². The van der Waals surface area contributed by atoms with Gasteiger partial charge in [0, 0.05) is 31.9 Å². The molecule has 84 valence electrons. The smallest absolute Gasteiger partial charge is 0.131 e. The zero-order valence-corrected chi connectivity index (χ0v) is 9.82. The maximum atomic E-state index is 4.26. The van der Waals surface area contributed by atoms with Gasteiger partial charge in [0.25, 0.3) is 0 Å². The summed E-state index contributed by atoms with van der Waals surface area (Å²) in [6.45, 7) is 4.08. The van der Waals surface area contributed by atoms with Crippen LogP contribution >= 0.6 is 0 Å². The van der Waals surface area contributed by atoms with E-state index in [1.807, 2.05) is 7.05 Å². The Labute approximate surface area is 91.7 Å². The Morgan fingerprint density at radius 2 is 2.20 bits per heavy atom. The lowest BCUT2D eigenvalue weighted by Crippen LogP contribution is -2.27. The quantitative estimate of drug-likeness (QED) is 0.759. The van der Waals surface area contributed by atoms with Gasteiger partial charge in [-0.05, 0) is 13.5 Å². The molecule has 0 aliphatic rings. The highest BCUT2D eigenvalue weighted by atomic mass is 15.2. The third kappa shape index (κ3) is 3.83. The van der Waals surface area contributed by atoms with Gasteiger partial charge in [-0.2, -0.15) is 0 Å². The van der Waals surface area contributed by atoms with Crippen LogP contribution in [0.1, 0.15) is 19.0 Å². The van der Waals surface area contributed by atoms with Crippen LogP contribution in [0.4, 0.5) is 5.82 Å². The molecular formula is C11H20N4. The average molecular weight is 208 g/mol. The van der Waals surface area contributed by atoms with Gasteiger partial charge in [-0.1, -0.05) is 13.3 Å². The zero-order valence-electron chi connectivity index (χ0n) is 9.82. The van der Waals surface area contributed by atoms with E-state index in [0.29, 0.717) is 0 Å². The number of aryl methyl sites for hydroxylation is 1. The Morgan fingerprint density at radius 1 is 1.40 bits per heavy atom. The Balaban J connectivity index is 2.62. The molecule has 0 fully saturated rings. The molecule has 4 nitrogen and oxygen atoms in total. The van der Waals surface area contributed by atoms with Gasteiger partial charge in [0.05, 0.1) is 0 Å². The van der Waals surface area contributed by atoms with Gasteiger partial charge in [0.2, 0.25) is 0 Å². The highest BCUT2D eigenvalue weighted by Gasteiger charge is 2.02. The molecule has 0 unspecified atom stereocenters. The molecule has 0 saturated heterocycles. The number of rotatable bonds is 6. The molecule has 0 aromatic carbocycles. The molecule has 1 N–H and O–H groups in total. The first kappa shape index (κ1) is 11.9. The van der Waals surface area contributed by atoms with Crippen LogP contribution in [0.25, 0.3) is 0 Å². The molecule has 0 amide bonds. The summed E-state index contributed by atoms with van der Waals surface area (Å²) in [7, 11) is 4.01. The minimum absolute atomic E-state index is 0.957. The minimum Gasteiger partial charge on any atom is -0.358 e. The minimum atomic E-state index is 0.957. The number of nitrogens with one attached hydrogen (secondary N) is 1. The second-order valence-corrected chi connectivity index (χ2v) is 3.64. The van der Waals surface area contributed by atoms with Crippen molar-refractivity contribution < 1.29 is 0 Å². The molecule has 1 heterocycles. The number of hydrogen-bond donors (Lipinski definition) is 1. The first-order valence-corrected chi connectivity index (χ1v) is 5.44. The molecule has 0 bridgehead atoms. The van der Waals surface area contributed by atoms with Gasteiger partial charge in [-0.3, -0.25) is 0 Å². The normalized spacial score (nSPS) is 10.3. The molecule has 15 heavy (non-hydrogen) atoms. The third-order valence-electron chi connectivity index (χ3n) is 2.30. The van der Waals surface area contributed by atoms with Crippen LogP contribution in [0.5, 0.6) is 0 Å². The summed E-state index contributed by atoms with van der Waals surface area (Å²) >= 11 is 0. The number of aromatic nitrogens is 2. The standard InChI is InChI=1S/C11H20N4/c1-4-5-10-8-11(14-9-13-10)15(3)7-6-12-2/h8-9,12H,4-7H2,1-3H3. The topological polar surface area (TPSA) is 41.0 Å². The maximum absolute atomic E-state index is 4.26. The predicted molar refractivity (Wildman–Crippen MR) is 63.2 cm³/mol. The van der Waals surface area contributed by atoms with E-state index in [2.05, 4.69) is 40.2 Å². The highest BCUT2D eigenvalue weighted by molar-refractivity contribution is 5.37. The molecule has 0 saturated carbocycles. The average Bonchev–Trinajstić information content (AvgIpc) is 2.27. The van der Waals surface area contributed by atoms with Gasteiger partial charge in [0.15, 0.2) is 0 Å². The predicted octanol–water partition coefficient (Wildman–Crippen LogP) is 1.08. The molecule has 1 aromatic rings. The van der Waals surface area contributed by atoms with Crippen LogP contribution in [-0.4, -0.2) is 37.2 Å². The summed E-state index contributed by atoms with van der Waals surface area (Å²) in [6.07, 6.45) is 3.79. The van der Waals surface area contributed by atoms with E-state index in [1.165, 1.54) is 0 Å². The maximum Gasteiger partial charge on any atom is 0.131 e. The molecule has 0 radical (unpaired) electrons. The zero-order chi connectivity index (χ0) is 11.1. The summed E-state index contributed by atoms with van der Waals surface area (Å²) in [5, 5.41) is 3.12. The summed E-state index contributed by atoms with van der Waals surface area (Å²) in [6, 6.07) is 2.07. The van der Waals surface area contributed by atoms with Crippen LogP contribution in [0, 0.1) is 0 Å². The fraction of sp³-hybridized carbons (Fsp3) is 0.636. The second-order valence-electron chi connectivity index (χ2n) is 3.64. The fourth-order valence-corrected chi connectivity index (χ4v) is 1.38. The lowest BCUT2D eigenvalue weighted by molar-refractivity contribution is 0.757. The van der Waals surface area contributed by atoms with Gasteiger partial charge in [-0.25, -0.2) is 9.97 Å². The van der Waals surface area contributed by atoms with Crippen LogP contribution in [-0.2, 0) is 6.42 Å². The van der Waals surface area contributed by atoms with E-state index in [4.69, 9.17) is 0 Å². The van der Waals surface area contributed by atoms with Crippen molar-refractivity contribution in [2.45, 2.75) is 19.8 Å². The Kier molecular flexibility index (Phi) is 5.04. The summed E-state index contributed by atoms with van der Waals surface area (Å²) in [5.41, 5.74) is 1.12. The molecule has 0 aliphatic heterocycles. The number of nitrogens with zero attached hydrogens (tertiary/aromatic N) is 3. The summed E-state index contributed by atoms with van der Waals surface area (Å²) < 4.78 is 0. The van der Waals surface area contributed by atoms with Gasteiger partial charge in [0.1, 0.15) is 12.1 Å². The lowest BCUT2D eigenvalue weighted by atomic mass is 10.2. The van der Waals surface area contributed by atoms with Gasteiger partial charge in [-0.15, -0.1) is 0 Å². The SMILES string of the molecule is CCCc1cc(N(C)CCNC)ncn1. The fourth-order valence-electron chi connectivity index (χ4n) is 1.38. The van der Waals surface area contributed by atoms with E-state index >= 15 is 0 Å². The highest BCUT2D eigenvalue weighted by Crippen LogP contribution is 2.09. The van der Waals surface area contributed by atoms with Crippen molar-refractivity contribution >= 4 is 5.82 Å². The van der Waals surface area contributed by atoms with Crippen LogP contribution in [0.15, 0.2) is 12.4 Å². The monoisotopic (exact) mass is 208 g/mol. The molecular weight excluding hydrogens is 188 g/mol. The molecule has 1 rings (SSSR count). The molecule has 0 aliphatic carbocycles. The first-order chi connectivity index (χ1) is 7.27. The van der Waals surface area contributed by atoms with Crippen LogP contribution < -0.4 is 10.2 Å². The van der Waals surface area contributed by atoms with Crippen molar-refractivity contribution in [3.63, 3.8) is 0 Å². The summed E-state index contributed by atoms with van der Waals surface area (Å²) in [4.78, 5) is 10.6. The molecule has 0 atom stereocenters. The third-order valence-corrected chi connectivity index (χ3v) is 2.30. The van der Waals surface area contributed by atoms with Gasteiger partial charge >= 0.3 is 0 Å². The number of hydrogen-bond acceptors (Lipinski definition) is 4. The van der Waals surface area contributed by atoms with E-state index < -0.39 is 0 Å². The first-order valence-electron chi connectivity index (χ1n) is 5.44. The van der Waals surface area contributed by atoms with Crippen LogP contribution in [0.2, 0.25) is 0 Å². The largest absolute Gasteiger partial charge is 0.358 e. The molecule has 4 heteroatoms. The van der Waals surface area contributed by atoms with Crippen LogP contribution in [0.3, 0.4) is 0 Å². The van der Waals surface area contributed by atoms with E-state index in [9.17, 15) is 0 Å². The molecule has 0 spiro atoms. The number of anilines is 1. The van der Waals surface area contributed by atoms with Crippen molar-refractivity contribution in [1.29, 1.82) is 0 Å². The van der Waals surface area contributed by atoms with E-state index in [-0.39, 0.29) is 0 Å². The Bertz CT molecular complexity index is 288.